The Balaban J connectivity index is 2.07. The van der Waals surface area contributed by atoms with Crippen LogP contribution in [0.2, 0.25) is 5.02 Å². The van der Waals surface area contributed by atoms with Gasteiger partial charge < -0.3 is 14.8 Å². The molecule has 0 bridgehead atoms. The van der Waals surface area contributed by atoms with Gasteiger partial charge in [0, 0.05) is 16.1 Å². The van der Waals surface area contributed by atoms with Crippen LogP contribution in [-0.2, 0) is 4.79 Å². The zero-order valence-electron chi connectivity index (χ0n) is 14.8. The van der Waals surface area contributed by atoms with Crippen LogP contribution < -0.4 is 5.32 Å². The third-order valence-corrected chi connectivity index (χ3v) is 4.86. The van der Waals surface area contributed by atoms with Crippen LogP contribution in [0.3, 0.4) is 0 Å². The Labute approximate surface area is 156 Å². The predicted octanol–water partition coefficient (Wildman–Crippen LogP) is 4.76. The molecule has 2 N–H and O–H groups in total. The van der Waals surface area contributed by atoms with Crippen molar-refractivity contribution in [3.8, 4) is 11.3 Å². The van der Waals surface area contributed by atoms with E-state index in [2.05, 4.69) is 15.3 Å². The standard InChI is InChI=1S/C19H20ClN3O3/c1-4-10(2)15(19(24)25)23-17-14-11(3)16(26-18(14)22-9-21-17)12-5-7-13(20)8-6-12/h5-10,15H,4H2,1-3H3,(H,24,25)(H,21,22,23). The van der Waals surface area contributed by atoms with Crippen molar-refractivity contribution < 1.29 is 14.3 Å². The molecule has 0 amide bonds. The fourth-order valence-electron chi connectivity index (χ4n) is 2.89. The van der Waals surface area contributed by atoms with Crippen molar-refractivity contribution in [3.63, 3.8) is 0 Å². The summed E-state index contributed by atoms with van der Waals surface area (Å²) in [6.07, 6.45) is 2.10. The van der Waals surface area contributed by atoms with E-state index in [1.165, 1.54) is 6.33 Å². The maximum atomic E-state index is 11.6. The van der Waals surface area contributed by atoms with Gasteiger partial charge in [-0.15, -0.1) is 0 Å². The van der Waals surface area contributed by atoms with Gasteiger partial charge in [0.05, 0.1) is 5.39 Å². The van der Waals surface area contributed by atoms with Gasteiger partial charge in [0.15, 0.2) is 0 Å². The van der Waals surface area contributed by atoms with Gasteiger partial charge in [-0.3, -0.25) is 0 Å². The van der Waals surface area contributed by atoms with Crippen molar-refractivity contribution in [2.75, 3.05) is 5.32 Å². The Hall–Kier alpha value is -2.60. The van der Waals surface area contributed by atoms with Crippen molar-refractivity contribution in [2.24, 2.45) is 5.92 Å². The van der Waals surface area contributed by atoms with Gasteiger partial charge in [0.25, 0.3) is 0 Å². The lowest BCUT2D eigenvalue weighted by Crippen LogP contribution is -2.35. The molecule has 2 unspecified atom stereocenters. The van der Waals surface area contributed by atoms with Crippen molar-refractivity contribution in [2.45, 2.75) is 33.2 Å². The molecular formula is C19H20ClN3O3. The Kier molecular flexibility index (Phi) is 5.13. The molecule has 0 saturated heterocycles. The van der Waals surface area contributed by atoms with Crippen LogP contribution in [-0.4, -0.2) is 27.1 Å². The van der Waals surface area contributed by atoms with Crippen molar-refractivity contribution in [1.82, 2.24) is 9.97 Å². The average Bonchev–Trinajstić information content (AvgIpc) is 2.97. The lowest BCUT2D eigenvalue weighted by Gasteiger charge is -2.20. The van der Waals surface area contributed by atoms with Gasteiger partial charge in [-0.1, -0.05) is 31.9 Å². The van der Waals surface area contributed by atoms with Crippen LogP contribution in [0, 0.1) is 12.8 Å². The number of nitrogens with zero attached hydrogens (tertiary/aromatic N) is 2. The molecule has 0 radical (unpaired) electrons. The highest BCUT2D eigenvalue weighted by Crippen LogP contribution is 2.35. The molecule has 6 nitrogen and oxygen atoms in total. The molecule has 0 aliphatic carbocycles. The number of carbonyl (C=O) groups is 1. The maximum Gasteiger partial charge on any atom is 0.326 e. The van der Waals surface area contributed by atoms with Crippen LogP contribution in [0.15, 0.2) is 35.0 Å². The maximum absolute atomic E-state index is 11.6. The number of carboxylic acids is 1. The third kappa shape index (κ3) is 3.37. The number of benzene rings is 1. The summed E-state index contributed by atoms with van der Waals surface area (Å²) in [5.74, 6) is 0.158. The fraction of sp³-hybridized carbons (Fsp3) is 0.316. The topological polar surface area (TPSA) is 88.3 Å². The van der Waals surface area contributed by atoms with Crippen LogP contribution in [0.25, 0.3) is 22.4 Å². The number of aryl methyl sites for hydroxylation is 1. The number of aliphatic carboxylic acids is 1. The first kappa shape index (κ1) is 18.2. The Morgan fingerprint density at radius 1 is 1.31 bits per heavy atom. The molecule has 7 heteroatoms. The number of furan rings is 1. The minimum absolute atomic E-state index is 0.0551. The van der Waals surface area contributed by atoms with E-state index >= 15 is 0 Å². The number of halogens is 1. The molecule has 26 heavy (non-hydrogen) atoms. The second-order valence-corrected chi connectivity index (χ2v) is 6.75. The fourth-order valence-corrected chi connectivity index (χ4v) is 3.01. The molecule has 2 atom stereocenters. The molecule has 2 heterocycles. The summed E-state index contributed by atoms with van der Waals surface area (Å²) in [6, 6.07) is 6.57. The SMILES string of the molecule is CCC(C)C(Nc1ncnc2oc(-c3ccc(Cl)cc3)c(C)c12)C(=O)O. The van der Waals surface area contributed by atoms with Crippen molar-refractivity contribution in [3.05, 3.63) is 41.2 Å². The Bertz CT molecular complexity index is 937. The van der Waals surface area contributed by atoms with Gasteiger partial charge in [-0.2, -0.15) is 0 Å². The smallest absolute Gasteiger partial charge is 0.326 e. The second-order valence-electron chi connectivity index (χ2n) is 6.31. The summed E-state index contributed by atoms with van der Waals surface area (Å²) < 4.78 is 5.91. The number of rotatable bonds is 6. The highest BCUT2D eigenvalue weighted by molar-refractivity contribution is 6.30. The molecule has 3 aromatic rings. The lowest BCUT2D eigenvalue weighted by molar-refractivity contribution is -0.139. The highest BCUT2D eigenvalue weighted by atomic mass is 35.5. The van der Waals surface area contributed by atoms with E-state index in [0.717, 1.165) is 17.5 Å². The van der Waals surface area contributed by atoms with E-state index < -0.39 is 12.0 Å². The van der Waals surface area contributed by atoms with E-state index in [1.807, 2.05) is 32.9 Å². The highest BCUT2D eigenvalue weighted by Gasteiger charge is 2.26. The first-order chi connectivity index (χ1) is 12.4. The second kappa shape index (κ2) is 7.33. The van der Waals surface area contributed by atoms with Crippen molar-refractivity contribution >= 4 is 34.5 Å². The summed E-state index contributed by atoms with van der Waals surface area (Å²) in [5.41, 5.74) is 2.13. The third-order valence-electron chi connectivity index (χ3n) is 4.60. The first-order valence-electron chi connectivity index (χ1n) is 8.41. The zero-order valence-corrected chi connectivity index (χ0v) is 15.5. The van der Waals surface area contributed by atoms with E-state index in [4.69, 9.17) is 16.0 Å². The number of aromatic nitrogens is 2. The molecule has 2 aromatic heterocycles. The number of fused-ring (bicyclic) bond motifs is 1. The molecule has 136 valence electrons. The van der Waals surface area contributed by atoms with Gasteiger partial charge in [0.1, 0.15) is 23.9 Å². The summed E-state index contributed by atoms with van der Waals surface area (Å²) >= 11 is 5.95. The summed E-state index contributed by atoms with van der Waals surface area (Å²) in [4.78, 5) is 20.1. The molecule has 0 aliphatic heterocycles. The number of hydrogen-bond donors (Lipinski definition) is 2. The molecule has 0 fully saturated rings. The minimum Gasteiger partial charge on any atom is -0.480 e. The molecule has 1 aromatic carbocycles. The normalized spacial score (nSPS) is 13.5. The van der Waals surface area contributed by atoms with Crippen LogP contribution in [0.5, 0.6) is 0 Å². The van der Waals surface area contributed by atoms with Gasteiger partial charge in [-0.05, 0) is 37.1 Å². The van der Waals surface area contributed by atoms with Gasteiger partial charge in [-0.25, -0.2) is 14.8 Å². The predicted molar refractivity (Wildman–Crippen MR) is 101 cm³/mol. The van der Waals surface area contributed by atoms with Crippen LogP contribution in [0.4, 0.5) is 5.82 Å². The summed E-state index contributed by atoms with van der Waals surface area (Å²) in [7, 11) is 0. The van der Waals surface area contributed by atoms with Crippen molar-refractivity contribution in [1.29, 1.82) is 0 Å². The van der Waals surface area contributed by atoms with Crippen LogP contribution in [0.1, 0.15) is 25.8 Å². The Morgan fingerprint density at radius 2 is 2.00 bits per heavy atom. The molecule has 0 spiro atoms. The molecule has 0 aliphatic rings. The van der Waals surface area contributed by atoms with E-state index in [0.29, 0.717) is 27.7 Å². The molecule has 3 rings (SSSR count). The Morgan fingerprint density at radius 3 is 2.62 bits per heavy atom. The van der Waals surface area contributed by atoms with E-state index in [-0.39, 0.29) is 5.92 Å². The first-order valence-corrected chi connectivity index (χ1v) is 8.79. The number of anilines is 1. The summed E-state index contributed by atoms with van der Waals surface area (Å²) in [5, 5.41) is 13.9. The minimum atomic E-state index is -0.912. The zero-order chi connectivity index (χ0) is 18.8. The van der Waals surface area contributed by atoms with E-state index in [9.17, 15) is 9.90 Å². The number of carboxylic acid groups (broad SMARTS) is 1. The summed E-state index contributed by atoms with van der Waals surface area (Å²) in [6.45, 7) is 5.76. The lowest BCUT2D eigenvalue weighted by atomic mass is 9.99. The molecule has 0 saturated carbocycles. The quantitative estimate of drug-likeness (QED) is 0.647. The molecular weight excluding hydrogens is 354 g/mol. The largest absolute Gasteiger partial charge is 0.480 e. The van der Waals surface area contributed by atoms with Gasteiger partial charge in [0.2, 0.25) is 5.71 Å². The van der Waals surface area contributed by atoms with E-state index in [1.54, 1.807) is 12.1 Å². The van der Waals surface area contributed by atoms with Crippen LogP contribution >= 0.6 is 11.6 Å². The number of nitrogens with one attached hydrogen (secondary N) is 1. The van der Waals surface area contributed by atoms with Gasteiger partial charge >= 0.3 is 5.97 Å². The monoisotopic (exact) mass is 373 g/mol. The average molecular weight is 374 g/mol. The number of hydrogen-bond acceptors (Lipinski definition) is 5.